The molecule has 2 atom stereocenters. The molecule has 5 nitrogen and oxygen atoms in total. The third kappa shape index (κ3) is 49.2. The van der Waals surface area contributed by atoms with Gasteiger partial charge in [-0.25, -0.2) is 0 Å². The lowest BCUT2D eigenvalue weighted by Gasteiger charge is -2.18. The van der Waals surface area contributed by atoms with Crippen LogP contribution in [0.1, 0.15) is 278 Å². The Balaban J connectivity index is 0. The number of unbranched alkanes of at least 4 members (excludes halogenated alkanes) is 33. The first-order valence-electron chi connectivity index (χ1n) is 24.7. The molecular formula is C49H98O5SSi. The van der Waals surface area contributed by atoms with Gasteiger partial charge in [-0.05, 0) is 26.2 Å². The molecule has 7 heteroatoms. The van der Waals surface area contributed by atoms with E-state index in [0.717, 1.165) is 32.1 Å². The Morgan fingerprint density at radius 3 is 0.982 bits per heavy atom. The molecule has 334 valence electrons. The average Bonchev–Trinajstić information content (AvgIpc) is 3.19. The fraction of sp³-hybridized carbons (Fsp3) is 0.918. The molecule has 0 aliphatic heterocycles. The summed E-state index contributed by atoms with van der Waals surface area (Å²) in [5, 5.41) is 0.342. The van der Waals surface area contributed by atoms with Crippen molar-refractivity contribution < 1.29 is 23.2 Å². The minimum Gasteiger partial charge on any atom is -0.498 e. The SMILES string of the molecule is C=COC(C)C(S)CCCCCCCC.CCCCCCCCCCCCCCCCCC(=O)O[SiH2]OC(=O)CCCCCCCCCCCCCCCCC. The minimum absolute atomic E-state index is 0.182. The smallest absolute Gasteiger partial charge is 0.431 e. The summed E-state index contributed by atoms with van der Waals surface area (Å²) in [5.74, 6) is -0.378. The number of hydrogen-bond donors (Lipinski definition) is 1. The molecule has 0 aromatic rings. The predicted octanol–water partition coefficient (Wildman–Crippen LogP) is 16.2. The quantitative estimate of drug-likeness (QED) is 0.0287. The second-order valence-electron chi connectivity index (χ2n) is 16.7. The van der Waals surface area contributed by atoms with E-state index in [1.165, 1.54) is 212 Å². The van der Waals surface area contributed by atoms with Gasteiger partial charge in [0.25, 0.3) is 11.9 Å². The summed E-state index contributed by atoms with van der Waals surface area (Å²) in [6.45, 7) is 12.4. The molecule has 0 rings (SSSR count). The van der Waals surface area contributed by atoms with Crippen LogP contribution in [0.2, 0.25) is 0 Å². The standard InChI is InChI=1S/C36H72O4Si.C13H26OS/c1-3-5-7-9-11-13-15-17-19-21-23-25-27-29-31-33-35(37)39-41-40-36(38)34-32-30-28-26-24-22-20-18-16-14-12-10-8-6-4-2;1-4-6-7-8-9-10-11-13(15)12(3)14-5-2/h3-34,41H2,1-2H3;5,12-13,15H,2,4,6-11H2,1,3H3. The number of hydrogen-bond acceptors (Lipinski definition) is 6. The van der Waals surface area contributed by atoms with E-state index in [2.05, 4.69) is 46.9 Å². The lowest BCUT2D eigenvalue weighted by atomic mass is 10.0. The Morgan fingerprint density at radius 2 is 0.714 bits per heavy atom. The van der Waals surface area contributed by atoms with Crippen LogP contribution < -0.4 is 0 Å². The number of carbonyl (C=O) groups is 2. The molecule has 0 bridgehead atoms. The molecule has 0 heterocycles. The van der Waals surface area contributed by atoms with Crippen molar-refractivity contribution >= 4 is 34.6 Å². The third-order valence-corrected chi connectivity index (χ3v) is 12.7. The second-order valence-corrected chi connectivity index (χ2v) is 18.2. The molecule has 2 unspecified atom stereocenters. The Kier molecular flexibility index (Phi) is 51.2. The van der Waals surface area contributed by atoms with E-state index < -0.39 is 10.0 Å². The van der Waals surface area contributed by atoms with Crippen LogP contribution in [0.15, 0.2) is 12.8 Å². The molecule has 0 saturated heterocycles. The zero-order chi connectivity index (χ0) is 41.4. The van der Waals surface area contributed by atoms with Gasteiger partial charge in [-0.1, -0.05) is 246 Å². The van der Waals surface area contributed by atoms with Gasteiger partial charge in [-0.2, -0.15) is 12.6 Å². The van der Waals surface area contributed by atoms with Gasteiger partial charge in [0.1, 0.15) is 6.10 Å². The Morgan fingerprint density at radius 1 is 0.464 bits per heavy atom. The van der Waals surface area contributed by atoms with E-state index in [1.54, 1.807) is 0 Å². The summed E-state index contributed by atoms with van der Waals surface area (Å²) in [5.41, 5.74) is 0. The largest absolute Gasteiger partial charge is 0.498 e. The van der Waals surface area contributed by atoms with Crippen LogP contribution in [0.3, 0.4) is 0 Å². The number of thiol groups is 1. The van der Waals surface area contributed by atoms with E-state index in [0.29, 0.717) is 18.1 Å². The zero-order valence-electron chi connectivity index (χ0n) is 38.2. The minimum atomic E-state index is -1.51. The van der Waals surface area contributed by atoms with Gasteiger partial charge < -0.3 is 13.6 Å². The monoisotopic (exact) mass is 827 g/mol. The first kappa shape index (κ1) is 57.1. The van der Waals surface area contributed by atoms with Crippen LogP contribution in [0.25, 0.3) is 0 Å². The van der Waals surface area contributed by atoms with E-state index in [9.17, 15) is 9.59 Å². The maximum Gasteiger partial charge on any atom is 0.431 e. The maximum atomic E-state index is 11.9. The number of carbonyl (C=O) groups excluding carboxylic acids is 2. The molecule has 0 aliphatic carbocycles. The van der Waals surface area contributed by atoms with E-state index in [1.807, 2.05) is 0 Å². The highest BCUT2D eigenvalue weighted by molar-refractivity contribution is 7.81. The lowest BCUT2D eigenvalue weighted by Crippen LogP contribution is -2.18. The van der Waals surface area contributed by atoms with Gasteiger partial charge in [-0.15, -0.1) is 0 Å². The van der Waals surface area contributed by atoms with Crippen molar-refractivity contribution in [1.29, 1.82) is 0 Å². The Labute approximate surface area is 358 Å². The molecule has 0 aromatic carbocycles. The van der Waals surface area contributed by atoms with Crippen molar-refractivity contribution in [3.63, 3.8) is 0 Å². The van der Waals surface area contributed by atoms with E-state index >= 15 is 0 Å². The molecule has 56 heavy (non-hydrogen) atoms. The second kappa shape index (κ2) is 50.2. The molecule has 0 spiro atoms. The van der Waals surface area contributed by atoms with Crippen molar-refractivity contribution in [2.75, 3.05) is 0 Å². The van der Waals surface area contributed by atoms with E-state index in [4.69, 9.17) is 13.6 Å². The molecule has 0 radical (unpaired) electrons. The third-order valence-electron chi connectivity index (χ3n) is 11.1. The summed E-state index contributed by atoms with van der Waals surface area (Å²) in [7, 11) is -1.51. The first-order chi connectivity index (χ1) is 27.4. The van der Waals surface area contributed by atoms with Crippen LogP contribution in [0, 0.1) is 0 Å². The summed E-state index contributed by atoms with van der Waals surface area (Å²) in [6, 6.07) is 0. The van der Waals surface area contributed by atoms with Crippen molar-refractivity contribution in [2.45, 2.75) is 289 Å². The first-order valence-corrected chi connectivity index (χ1v) is 26.4. The van der Waals surface area contributed by atoms with Crippen LogP contribution in [-0.4, -0.2) is 33.3 Å². The van der Waals surface area contributed by atoms with Crippen LogP contribution in [0.4, 0.5) is 0 Å². The van der Waals surface area contributed by atoms with Gasteiger partial charge in [0.05, 0.1) is 6.26 Å². The average molecular weight is 827 g/mol. The highest BCUT2D eigenvalue weighted by atomic mass is 32.1. The summed E-state index contributed by atoms with van der Waals surface area (Å²) in [4.78, 5) is 23.8. The maximum absolute atomic E-state index is 11.9. The van der Waals surface area contributed by atoms with Gasteiger partial charge in [0.15, 0.2) is 0 Å². The Bertz CT molecular complexity index is 750. The van der Waals surface area contributed by atoms with Crippen molar-refractivity contribution in [2.24, 2.45) is 0 Å². The summed E-state index contributed by atoms with van der Waals surface area (Å²) < 4.78 is 15.7. The number of ether oxygens (including phenoxy) is 1. The normalized spacial score (nSPS) is 12.1. The molecule has 0 fully saturated rings. The highest BCUT2D eigenvalue weighted by Crippen LogP contribution is 2.17. The molecule has 0 aromatic heterocycles. The van der Waals surface area contributed by atoms with Crippen LogP contribution >= 0.6 is 12.6 Å². The zero-order valence-corrected chi connectivity index (χ0v) is 40.5. The van der Waals surface area contributed by atoms with Crippen molar-refractivity contribution in [3.05, 3.63) is 12.8 Å². The van der Waals surface area contributed by atoms with Crippen molar-refractivity contribution in [3.8, 4) is 0 Å². The van der Waals surface area contributed by atoms with Gasteiger partial charge >= 0.3 is 10.0 Å². The molecular weight excluding hydrogens is 729 g/mol. The summed E-state index contributed by atoms with van der Waals surface area (Å²) >= 11 is 4.53. The molecule has 0 N–H and O–H groups in total. The topological polar surface area (TPSA) is 61.8 Å². The number of rotatable bonds is 44. The highest BCUT2D eigenvalue weighted by Gasteiger charge is 2.12. The molecule has 0 amide bonds. The fourth-order valence-corrected chi connectivity index (χ4v) is 8.06. The van der Waals surface area contributed by atoms with Crippen LogP contribution in [-0.2, 0) is 23.2 Å². The fourth-order valence-electron chi connectivity index (χ4n) is 7.20. The van der Waals surface area contributed by atoms with Gasteiger partial charge in [-0.3, -0.25) is 9.59 Å². The van der Waals surface area contributed by atoms with E-state index in [-0.39, 0.29) is 18.0 Å². The predicted molar refractivity (Wildman–Crippen MR) is 251 cm³/mol. The Hall–Kier alpha value is -0.953. The van der Waals surface area contributed by atoms with Gasteiger partial charge in [0.2, 0.25) is 0 Å². The van der Waals surface area contributed by atoms with Crippen LogP contribution in [0.5, 0.6) is 0 Å². The molecule has 0 saturated carbocycles. The van der Waals surface area contributed by atoms with Crippen molar-refractivity contribution in [1.82, 2.24) is 0 Å². The van der Waals surface area contributed by atoms with Gasteiger partial charge in [0, 0.05) is 18.1 Å². The lowest BCUT2D eigenvalue weighted by molar-refractivity contribution is -0.139. The molecule has 0 aliphatic rings. The summed E-state index contributed by atoms with van der Waals surface area (Å²) in [6.07, 6.45) is 51.3.